The minimum Gasteiger partial charge on any atom is -0.100 e. The van der Waals surface area contributed by atoms with E-state index < -0.39 is 0 Å². The minimum absolute atomic E-state index is 0.281. The third kappa shape index (κ3) is 0.234. The lowest BCUT2D eigenvalue weighted by Crippen LogP contribution is -2.08. The van der Waals surface area contributed by atoms with Gasteiger partial charge in [0.25, 0.3) is 0 Å². The topological polar surface area (TPSA) is 0 Å². The zero-order valence-corrected chi connectivity index (χ0v) is 6.47. The number of fused-ring (bicyclic) bond motifs is 1. The van der Waals surface area contributed by atoms with E-state index in [-0.39, 0.29) is 15.2 Å². The molecule has 2 aliphatic carbocycles. The van der Waals surface area contributed by atoms with Crippen LogP contribution in [0.3, 0.4) is 0 Å². The summed E-state index contributed by atoms with van der Waals surface area (Å²) in [6, 6.07) is 0. The highest BCUT2D eigenvalue weighted by molar-refractivity contribution is 6.53. The summed E-state index contributed by atoms with van der Waals surface area (Å²) in [5.41, 5.74) is 0.562. The average Bonchev–Trinajstić information content (AvgIpc) is 2.24. The van der Waals surface area contributed by atoms with Crippen LogP contribution in [-0.2, 0) is 0 Å². The molecule has 0 saturated heterocycles. The fourth-order valence-corrected chi connectivity index (χ4v) is 2.73. The summed E-state index contributed by atoms with van der Waals surface area (Å²) in [7, 11) is 0. The van der Waals surface area contributed by atoms with Crippen LogP contribution in [0.1, 0.15) is 20.3 Å². The van der Waals surface area contributed by atoms with E-state index >= 15 is 0 Å². The first-order chi connectivity index (χ1) is 3.46. The molecule has 0 nitrogen and oxygen atoms in total. The third-order valence-electron chi connectivity index (χ3n) is 3.12. The van der Waals surface area contributed by atoms with Crippen molar-refractivity contribution in [3.8, 4) is 0 Å². The first-order valence-electron chi connectivity index (χ1n) is 2.84. The fraction of sp³-hybridized carbons (Fsp3) is 1.00. The van der Waals surface area contributed by atoms with E-state index in [0.717, 1.165) is 0 Å². The number of rotatable bonds is 0. The van der Waals surface area contributed by atoms with Crippen LogP contribution in [-0.4, -0.2) is 4.33 Å². The quantitative estimate of drug-likeness (QED) is 0.466. The molecule has 46 valence electrons. The molecule has 0 aromatic heterocycles. The van der Waals surface area contributed by atoms with Gasteiger partial charge in [0.15, 0.2) is 0 Å². The molecule has 0 amide bonds. The van der Waals surface area contributed by atoms with Crippen molar-refractivity contribution in [3.05, 3.63) is 0 Å². The van der Waals surface area contributed by atoms with Crippen LogP contribution in [0.4, 0.5) is 0 Å². The molecular formula is C6H8Cl2. The Morgan fingerprint density at radius 2 is 1.38 bits per heavy atom. The van der Waals surface area contributed by atoms with Crippen molar-refractivity contribution < 1.29 is 0 Å². The zero-order chi connectivity index (χ0) is 6.21. The lowest BCUT2D eigenvalue weighted by molar-refractivity contribution is 0.645. The Labute approximate surface area is 59.2 Å². The van der Waals surface area contributed by atoms with Crippen LogP contribution >= 0.6 is 23.2 Å². The Kier molecular flexibility index (Phi) is 0.575. The first-order valence-corrected chi connectivity index (χ1v) is 3.59. The van der Waals surface area contributed by atoms with E-state index in [0.29, 0.717) is 0 Å². The van der Waals surface area contributed by atoms with E-state index in [1.165, 1.54) is 6.42 Å². The molecule has 0 bridgehead atoms. The summed E-state index contributed by atoms with van der Waals surface area (Å²) in [5.74, 6) is 0. The van der Waals surface area contributed by atoms with Crippen LogP contribution in [0.2, 0.25) is 0 Å². The normalized spacial score (nSPS) is 64.5. The Balaban J connectivity index is 2.36. The highest BCUT2D eigenvalue weighted by Gasteiger charge is 2.95. The van der Waals surface area contributed by atoms with Crippen molar-refractivity contribution in [1.82, 2.24) is 0 Å². The van der Waals surface area contributed by atoms with Gasteiger partial charge in [-0.05, 0) is 6.42 Å². The Morgan fingerprint density at radius 1 is 1.12 bits per heavy atom. The summed E-state index contributed by atoms with van der Waals surface area (Å²) in [5, 5.41) is 0. The molecule has 2 fully saturated rings. The number of hydrogen-bond acceptors (Lipinski definition) is 0. The molecule has 2 atom stereocenters. The summed E-state index contributed by atoms with van der Waals surface area (Å²) in [6.45, 7) is 4.29. The van der Waals surface area contributed by atoms with Gasteiger partial charge in [0.1, 0.15) is 4.33 Å². The summed E-state index contributed by atoms with van der Waals surface area (Å²) in [4.78, 5) is 0. The molecule has 2 rings (SSSR count). The Bertz CT molecular complexity index is 129. The lowest BCUT2D eigenvalue weighted by Gasteiger charge is -2.09. The van der Waals surface area contributed by atoms with Crippen LogP contribution in [0.15, 0.2) is 0 Å². The second-order valence-electron chi connectivity index (χ2n) is 3.42. The molecule has 2 aliphatic rings. The van der Waals surface area contributed by atoms with Crippen molar-refractivity contribution in [2.45, 2.75) is 24.6 Å². The van der Waals surface area contributed by atoms with Crippen molar-refractivity contribution >= 4 is 23.2 Å². The molecule has 0 aromatic carbocycles. The molecule has 0 N–H and O–H groups in total. The van der Waals surface area contributed by atoms with Crippen molar-refractivity contribution in [3.63, 3.8) is 0 Å². The van der Waals surface area contributed by atoms with Gasteiger partial charge in [0.2, 0.25) is 0 Å². The number of alkyl halides is 2. The van der Waals surface area contributed by atoms with Crippen LogP contribution in [0.5, 0.6) is 0 Å². The maximum Gasteiger partial charge on any atom is 0.130 e. The molecule has 2 saturated carbocycles. The minimum atomic E-state index is -0.375. The van der Waals surface area contributed by atoms with Gasteiger partial charge in [-0.15, -0.1) is 23.2 Å². The second kappa shape index (κ2) is 0.856. The third-order valence-corrected chi connectivity index (χ3v) is 4.79. The number of halogens is 2. The molecule has 0 heterocycles. The molecular weight excluding hydrogens is 143 g/mol. The predicted octanol–water partition coefficient (Wildman–Crippen LogP) is 2.59. The Hall–Kier alpha value is 0.580. The van der Waals surface area contributed by atoms with Gasteiger partial charge < -0.3 is 0 Å². The van der Waals surface area contributed by atoms with Crippen molar-refractivity contribution in [1.29, 1.82) is 0 Å². The maximum atomic E-state index is 5.89. The molecule has 0 radical (unpaired) electrons. The van der Waals surface area contributed by atoms with E-state index in [1.807, 2.05) is 0 Å². The molecule has 2 heteroatoms. The van der Waals surface area contributed by atoms with E-state index in [1.54, 1.807) is 0 Å². The standard InChI is InChI=1S/C6H8Cl2/c1-4-3-5(4,2)6(4,7)8/h3H2,1-2H3. The van der Waals surface area contributed by atoms with Gasteiger partial charge in [-0.2, -0.15) is 0 Å². The largest absolute Gasteiger partial charge is 0.130 e. The highest BCUT2D eigenvalue weighted by atomic mass is 35.5. The zero-order valence-electron chi connectivity index (χ0n) is 4.96. The number of hydrogen-bond donors (Lipinski definition) is 0. The van der Waals surface area contributed by atoms with Gasteiger partial charge in [0.05, 0.1) is 0 Å². The van der Waals surface area contributed by atoms with Gasteiger partial charge in [-0.25, -0.2) is 0 Å². The predicted molar refractivity (Wildman–Crippen MR) is 35.3 cm³/mol. The van der Waals surface area contributed by atoms with Crippen LogP contribution in [0.25, 0.3) is 0 Å². The Morgan fingerprint density at radius 3 is 1.38 bits per heavy atom. The highest BCUT2D eigenvalue weighted by Crippen LogP contribution is 2.95. The summed E-state index contributed by atoms with van der Waals surface area (Å²) >= 11 is 11.8. The van der Waals surface area contributed by atoms with E-state index in [2.05, 4.69) is 13.8 Å². The SMILES string of the molecule is CC12CC1(C)C2(Cl)Cl. The van der Waals surface area contributed by atoms with Gasteiger partial charge >= 0.3 is 0 Å². The van der Waals surface area contributed by atoms with Gasteiger partial charge in [-0.3, -0.25) is 0 Å². The molecule has 0 aliphatic heterocycles. The van der Waals surface area contributed by atoms with E-state index in [9.17, 15) is 0 Å². The van der Waals surface area contributed by atoms with Gasteiger partial charge in [0, 0.05) is 10.8 Å². The summed E-state index contributed by atoms with van der Waals surface area (Å²) < 4.78 is -0.375. The average molecular weight is 151 g/mol. The van der Waals surface area contributed by atoms with Crippen molar-refractivity contribution in [2.75, 3.05) is 0 Å². The summed E-state index contributed by atoms with van der Waals surface area (Å²) in [6.07, 6.45) is 1.22. The lowest BCUT2D eigenvalue weighted by atomic mass is 10.2. The van der Waals surface area contributed by atoms with E-state index in [4.69, 9.17) is 23.2 Å². The monoisotopic (exact) mass is 150 g/mol. The molecule has 0 spiro atoms. The smallest absolute Gasteiger partial charge is 0.100 e. The van der Waals surface area contributed by atoms with Gasteiger partial charge in [-0.1, -0.05) is 13.8 Å². The molecule has 8 heavy (non-hydrogen) atoms. The maximum absolute atomic E-state index is 5.89. The van der Waals surface area contributed by atoms with Crippen molar-refractivity contribution in [2.24, 2.45) is 10.8 Å². The first kappa shape index (κ1) is 5.37. The molecule has 2 unspecified atom stereocenters. The second-order valence-corrected chi connectivity index (χ2v) is 4.74. The fourth-order valence-electron chi connectivity index (χ4n) is 1.73. The van der Waals surface area contributed by atoms with Crippen LogP contribution in [0, 0.1) is 10.8 Å². The van der Waals surface area contributed by atoms with Crippen LogP contribution < -0.4 is 0 Å². The molecule has 0 aromatic rings.